The first-order valence-corrected chi connectivity index (χ1v) is 5.93. The SMILES string of the molecule is CC(C)C(c1ccccc1)[NH+]([O-])C(C)(C)C. The molecule has 0 fully saturated rings. The number of hydrogen-bond acceptors (Lipinski definition) is 1. The largest absolute Gasteiger partial charge is 0.633 e. The van der Waals surface area contributed by atoms with Crippen LogP contribution in [0.4, 0.5) is 0 Å². The van der Waals surface area contributed by atoms with Gasteiger partial charge >= 0.3 is 0 Å². The van der Waals surface area contributed by atoms with Crippen molar-refractivity contribution in [3.63, 3.8) is 0 Å². The quantitative estimate of drug-likeness (QED) is 0.780. The van der Waals surface area contributed by atoms with Gasteiger partial charge in [-0.05, 0) is 20.8 Å². The summed E-state index contributed by atoms with van der Waals surface area (Å²) in [6.07, 6.45) is 0. The molecule has 2 heteroatoms. The van der Waals surface area contributed by atoms with E-state index in [-0.39, 0.29) is 11.6 Å². The van der Waals surface area contributed by atoms with Crippen molar-refractivity contribution in [1.29, 1.82) is 0 Å². The van der Waals surface area contributed by atoms with E-state index < -0.39 is 0 Å². The van der Waals surface area contributed by atoms with Gasteiger partial charge in [0.05, 0.1) is 5.54 Å². The number of hydrogen-bond donors (Lipinski definition) is 1. The number of hydroxylamine groups is 2. The second kappa shape index (κ2) is 4.98. The first-order chi connectivity index (χ1) is 7.34. The van der Waals surface area contributed by atoms with Crippen LogP contribution in [0.2, 0.25) is 0 Å². The Balaban J connectivity index is 3.02. The summed E-state index contributed by atoms with van der Waals surface area (Å²) in [7, 11) is 0. The minimum atomic E-state index is -0.273. The lowest BCUT2D eigenvalue weighted by Crippen LogP contribution is -3.15. The summed E-state index contributed by atoms with van der Waals surface area (Å²) >= 11 is 0. The van der Waals surface area contributed by atoms with E-state index in [0.717, 1.165) is 5.56 Å². The molecule has 0 amide bonds. The Labute approximate surface area is 98.9 Å². The number of rotatable bonds is 3. The molecule has 0 aromatic heterocycles. The molecule has 0 aliphatic heterocycles. The van der Waals surface area contributed by atoms with E-state index in [4.69, 9.17) is 0 Å². The van der Waals surface area contributed by atoms with E-state index in [1.165, 1.54) is 0 Å². The first-order valence-electron chi connectivity index (χ1n) is 5.93. The van der Waals surface area contributed by atoms with Gasteiger partial charge in [0, 0.05) is 11.5 Å². The summed E-state index contributed by atoms with van der Waals surface area (Å²) in [6, 6.07) is 10.1. The van der Waals surface area contributed by atoms with Crippen LogP contribution in [0.5, 0.6) is 0 Å². The molecule has 1 rings (SSSR count). The molecule has 2 unspecified atom stereocenters. The summed E-state index contributed by atoms with van der Waals surface area (Å²) in [5.74, 6) is 0.342. The third-order valence-electron chi connectivity index (χ3n) is 2.85. The first kappa shape index (κ1) is 13.2. The van der Waals surface area contributed by atoms with E-state index in [2.05, 4.69) is 13.8 Å². The molecule has 0 aliphatic carbocycles. The molecule has 1 aromatic carbocycles. The lowest BCUT2D eigenvalue weighted by atomic mass is 9.92. The lowest BCUT2D eigenvalue weighted by Gasteiger charge is -2.43. The van der Waals surface area contributed by atoms with Crippen LogP contribution < -0.4 is 5.06 Å². The Morgan fingerprint density at radius 1 is 1.06 bits per heavy atom. The molecule has 0 saturated carbocycles. The van der Waals surface area contributed by atoms with Crippen molar-refractivity contribution in [3.8, 4) is 0 Å². The molecule has 0 saturated heterocycles. The molecular formula is C14H23NO. The van der Waals surface area contributed by atoms with Gasteiger partial charge in [0.1, 0.15) is 6.04 Å². The average molecular weight is 221 g/mol. The normalized spacial score (nSPS) is 16.2. The molecule has 0 spiro atoms. The summed E-state index contributed by atoms with van der Waals surface area (Å²) in [5, 5.41) is 12.7. The van der Waals surface area contributed by atoms with Gasteiger partial charge in [-0.3, -0.25) is 0 Å². The Hall–Kier alpha value is -0.860. The minimum Gasteiger partial charge on any atom is -0.633 e. The minimum absolute atomic E-state index is 0.0150. The zero-order valence-electron chi connectivity index (χ0n) is 10.9. The highest BCUT2D eigenvalue weighted by Gasteiger charge is 2.29. The van der Waals surface area contributed by atoms with Crippen molar-refractivity contribution in [2.24, 2.45) is 5.92 Å². The molecular weight excluding hydrogens is 198 g/mol. The fourth-order valence-corrected chi connectivity index (χ4v) is 1.97. The second-order valence-corrected chi connectivity index (χ2v) is 5.75. The van der Waals surface area contributed by atoms with Crippen LogP contribution >= 0.6 is 0 Å². The molecule has 16 heavy (non-hydrogen) atoms. The second-order valence-electron chi connectivity index (χ2n) is 5.75. The van der Waals surface area contributed by atoms with Gasteiger partial charge in [-0.25, -0.2) is 0 Å². The van der Waals surface area contributed by atoms with Crippen LogP contribution in [0.1, 0.15) is 46.2 Å². The molecule has 2 nitrogen and oxygen atoms in total. The van der Waals surface area contributed by atoms with Gasteiger partial charge in [0.2, 0.25) is 0 Å². The van der Waals surface area contributed by atoms with Crippen molar-refractivity contribution in [2.75, 3.05) is 0 Å². The highest BCUT2D eigenvalue weighted by Crippen LogP contribution is 2.19. The summed E-state index contributed by atoms with van der Waals surface area (Å²) in [6.45, 7) is 10.2. The Morgan fingerprint density at radius 3 is 1.94 bits per heavy atom. The van der Waals surface area contributed by atoms with E-state index in [9.17, 15) is 5.21 Å². The highest BCUT2D eigenvalue weighted by molar-refractivity contribution is 5.17. The van der Waals surface area contributed by atoms with Gasteiger partial charge in [0.25, 0.3) is 0 Å². The predicted octanol–water partition coefficient (Wildman–Crippen LogP) is 2.56. The van der Waals surface area contributed by atoms with Crippen LogP contribution in [-0.4, -0.2) is 5.54 Å². The van der Waals surface area contributed by atoms with Crippen LogP contribution in [0.25, 0.3) is 0 Å². The maximum absolute atomic E-state index is 12.4. The number of benzene rings is 1. The monoisotopic (exact) mass is 221 g/mol. The third kappa shape index (κ3) is 3.06. The maximum atomic E-state index is 12.4. The van der Waals surface area contributed by atoms with Gasteiger partial charge in [-0.1, -0.05) is 44.2 Å². The summed E-state index contributed by atoms with van der Waals surface area (Å²) < 4.78 is 0. The molecule has 0 bridgehead atoms. The van der Waals surface area contributed by atoms with Crippen molar-refractivity contribution in [2.45, 2.75) is 46.2 Å². The summed E-state index contributed by atoms with van der Waals surface area (Å²) in [5.41, 5.74) is 0.863. The zero-order valence-corrected chi connectivity index (χ0v) is 10.9. The molecule has 0 heterocycles. The van der Waals surface area contributed by atoms with Crippen LogP contribution in [0.15, 0.2) is 30.3 Å². The molecule has 1 aromatic rings. The predicted molar refractivity (Wildman–Crippen MR) is 68.1 cm³/mol. The van der Waals surface area contributed by atoms with Gasteiger partial charge < -0.3 is 10.3 Å². The maximum Gasteiger partial charge on any atom is 0.115 e. The van der Waals surface area contributed by atoms with Crippen LogP contribution in [0, 0.1) is 11.1 Å². The van der Waals surface area contributed by atoms with Crippen molar-refractivity contribution < 1.29 is 5.06 Å². The van der Waals surface area contributed by atoms with Gasteiger partial charge in [-0.15, -0.1) is 0 Å². The van der Waals surface area contributed by atoms with Gasteiger partial charge in [0.15, 0.2) is 0 Å². The Morgan fingerprint density at radius 2 is 1.56 bits per heavy atom. The number of quaternary nitrogens is 1. The zero-order chi connectivity index (χ0) is 12.3. The smallest absolute Gasteiger partial charge is 0.115 e. The molecule has 0 aliphatic rings. The number of nitrogens with one attached hydrogen (secondary N) is 1. The molecule has 90 valence electrons. The van der Waals surface area contributed by atoms with E-state index in [0.29, 0.717) is 11.0 Å². The fourth-order valence-electron chi connectivity index (χ4n) is 1.97. The van der Waals surface area contributed by atoms with Crippen LogP contribution in [0.3, 0.4) is 0 Å². The van der Waals surface area contributed by atoms with Crippen molar-refractivity contribution in [1.82, 2.24) is 0 Å². The van der Waals surface area contributed by atoms with E-state index >= 15 is 0 Å². The lowest BCUT2D eigenvalue weighted by molar-refractivity contribution is -0.933. The van der Waals surface area contributed by atoms with Gasteiger partial charge in [-0.2, -0.15) is 0 Å². The van der Waals surface area contributed by atoms with Crippen molar-refractivity contribution >= 4 is 0 Å². The average Bonchev–Trinajstić information content (AvgIpc) is 2.17. The third-order valence-corrected chi connectivity index (χ3v) is 2.85. The topological polar surface area (TPSA) is 27.5 Å². The Kier molecular flexibility index (Phi) is 4.11. The summed E-state index contributed by atoms with van der Waals surface area (Å²) in [4.78, 5) is 0. The Bertz CT molecular complexity index is 313. The van der Waals surface area contributed by atoms with Crippen molar-refractivity contribution in [3.05, 3.63) is 41.1 Å². The highest BCUT2D eigenvalue weighted by atomic mass is 16.5. The standard InChI is InChI=1S/C14H23NO/c1-11(2)13(15(16)14(3,4)5)12-9-7-6-8-10-12/h6-11,13,15H,1-5H3. The van der Waals surface area contributed by atoms with Crippen LogP contribution in [-0.2, 0) is 0 Å². The molecule has 1 N–H and O–H groups in total. The van der Waals surface area contributed by atoms with E-state index in [1.807, 2.05) is 51.1 Å². The molecule has 0 radical (unpaired) electrons. The molecule has 2 atom stereocenters. The van der Waals surface area contributed by atoms with E-state index in [1.54, 1.807) is 0 Å². The fraction of sp³-hybridized carbons (Fsp3) is 0.571.